The molecule has 0 fully saturated rings. The smallest absolute Gasteiger partial charge is 0.342 e. The topological polar surface area (TPSA) is 95.5 Å². The van der Waals surface area contributed by atoms with Gasteiger partial charge < -0.3 is 14.5 Å². The molecule has 0 saturated carbocycles. The first-order chi connectivity index (χ1) is 13.7. The number of nitrogens with zero attached hydrogens (tertiary/aromatic N) is 2. The molecule has 0 aliphatic rings. The Morgan fingerprint density at radius 2 is 1.79 bits per heavy atom. The number of carbonyl (C=O) groups excluding carboxylic acids is 2. The second-order valence-electron chi connectivity index (χ2n) is 6.80. The van der Waals surface area contributed by atoms with E-state index in [1.54, 1.807) is 50.7 Å². The Morgan fingerprint density at radius 3 is 2.38 bits per heavy atom. The van der Waals surface area contributed by atoms with Crippen molar-refractivity contribution < 1.29 is 18.7 Å². The lowest BCUT2D eigenvalue weighted by Gasteiger charge is -2.12. The molecule has 3 aromatic rings. The number of aryl methyl sites for hydroxylation is 2. The second kappa shape index (κ2) is 7.83. The van der Waals surface area contributed by atoms with E-state index in [1.807, 2.05) is 18.2 Å². The highest BCUT2D eigenvalue weighted by atomic mass is 16.5. The number of carbonyl (C=O) groups is 2. The summed E-state index contributed by atoms with van der Waals surface area (Å²) in [5.74, 6) is -0.256. The lowest BCUT2D eigenvalue weighted by atomic mass is 10.2. The van der Waals surface area contributed by atoms with Gasteiger partial charge in [-0.2, -0.15) is 0 Å². The fourth-order valence-electron chi connectivity index (χ4n) is 3.05. The monoisotopic (exact) mass is 397 g/mol. The van der Waals surface area contributed by atoms with Crippen molar-refractivity contribution in [2.45, 2.75) is 33.8 Å². The highest BCUT2D eigenvalue weighted by Crippen LogP contribution is 2.17. The minimum atomic E-state index is -1.10. The van der Waals surface area contributed by atoms with Gasteiger partial charge in [0.1, 0.15) is 22.8 Å². The molecule has 0 unspecified atom stereocenters. The zero-order valence-electron chi connectivity index (χ0n) is 17.0. The summed E-state index contributed by atoms with van der Waals surface area (Å²) in [4.78, 5) is 37.7. The van der Waals surface area contributed by atoms with Crippen molar-refractivity contribution in [3.05, 3.63) is 69.5 Å². The Balaban J connectivity index is 1.79. The van der Waals surface area contributed by atoms with E-state index < -0.39 is 18.0 Å². The summed E-state index contributed by atoms with van der Waals surface area (Å²) >= 11 is 0. The Bertz CT molecular complexity index is 1120. The zero-order valence-corrected chi connectivity index (χ0v) is 17.0. The maximum atomic E-state index is 12.9. The molecule has 2 aromatic heterocycles. The predicted octanol–water partition coefficient (Wildman–Crippen LogP) is 2.88. The van der Waals surface area contributed by atoms with Crippen LogP contribution in [0.1, 0.15) is 34.5 Å². The molecule has 1 amide bonds. The summed E-state index contributed by atoms with van der Waals surface area (Å²) in [6.45, 7) is 6.54. The summed E-state index contributed by atoms with van der Waals surface area (Å²) in [5.41, 5.74) is 1.29. The molecule has 8 heteroatoms. The van der Waals surface area contributed by atoms with Crippen LogP contribution < -0.4 is 10.9 Å². The molecule has 1 N–H and O–H groups in total. The van der Waals surface area contributed by atoms with Crippen LogP contribution in [0.25, 0.3) is 5.69 Å². The fraction of sp³-hybridized carbons (Fsp3) is 0.286. The van der Waals surface area contributed by atoms with Gasteiger partial charge in [-0.05, 0) is 45.9 Å². The predicted molar refractivity (Wildman–Crippen MR) is 107 cm³/mol. The van der Waals surface area contributed by atoms with E-state index in [4.69, 9.17) is 9.15 Å². The molecule has 1 aromatic carbocycles. The molecule has 8 nitrogen and oxygen atoms in total. The van der Waals surface area contributed by atoms with E-state index >= 15 is 0 Å². The summed E-state index contributed by atoms with van der Waals surface area (Å²) in [7, 11) is 1.73. The molecule has 2 heterocycles. The SMILES string of the molecule is Cc1cc(C(=O)O[C@H](C)C(=O)Nc2c(C)n(C)n(-c3ccccc3)c2=O)c(C)o1. The highest BCUT2D eigenvalue weighted by molar-refractivity contribution is 5.97. The quantitative estimate of drug-likeness (QED) is 0.668. The number of furan rings is 1. The van der Waals surface area contributed by atoms with E-state index in [-0.39, 0.29) is 16.8 Å². The third-order valence-electron chi connectivity index (χ3n) is 4.72. The van der Waals surface area contributed by atoms with Gasteiger partial charge in [0.25, 0.3) is 11.5 Å². The van der Waals surface area contributed by atoms with Crippen LogP contribution in [0.2, 0.25) is 0 Å². The maximum absolute atomic E-state index is 12.9. The number of amides is 1. The number of aromatic nitrogens is 2. The van der Waals surface area contributed by atoms with Gasteiger partial charge in [0.15, 0.2) is 6.10 Å². The molecule has 3 rings (SSSR count). The van der Waals surface area contributed by atoms with E-state index in [1.165, 1.54) is 11.6 Å². The van der Waals surface area contributed by atoms with Crippen molar-refractivity contribution in [2.75, 3.05) is 5.32 Å². The van der Waals surface area contributed by atoms with Gasteiger partial charge in [-0.15, -0.1) is 0 Å². The van der Waals surface area contributed by atoms with Crippen LogP contribution in [-0.4, -0.2) is 27.3 Å². The van der Waals surface area contributed by atoms with Crippen LogP contribution in [0.15, 0.2) is 45.6 Å². The number of benzene rings is 1. The molecule has 0 spiro atoms. The number of anilines is 1. The van der Waals surface area contributed by atoms with Crippen LogP contribution in [0.3, 0.4) is 0 Å². The van der Waals surface area contributed by atoms with Gasteiger partial charge in [-0.1, -0.05) is 18.2 Å². The summed E-state index contributed by atoms with van der Waals surface area (Å²) in [6.07, 6.45) is -1.10. The molecule has 0 aliphatic carbocycles. The van der Waals surface area contributed by atoms with Gasteiger partial charge in [-0.25, -0.2) is 9.48 Å². The Morgan fingerprint density at radius 1 is 1.14 bits per heavy atom. The number of ether oxygens (including phenoxy) is 1. The van der Waals surface area contributed by atoms with E-state index in [0.717, 1.165) is 0 Å². The number of hydrogen-bond acceptors (Lipinski definition) is 5. The Labute approximate surface area is 167 Å². The number of para-hydroxylation sites is 1. The molecule has 0 aliphatic heterocycles. The van der Waals surface area contributed by atoms with Crippen LogP contribution in [0.5, 0.6) is 0 Å². The third-order valence-corrected chi connectivity index (χ3v) is 4.72. The van der Waals surface area contributed by atoms with Crippen molar-refractivity contribution >= 4 is 17.6 Å². The number of esters is 1. The molecule has 0 saturated heterocycles. The molecule has 29 heavy (non-hydrogen) atoms. The van der Waals surface area contributed by atoms with Crippen LogP contribution in [0, 0.1) is 20.8 Å². The number of nitrogens with one attached hydrogen (secondary N) is 1. The van der Waals surface area contributed by atoms with Crippen molar-refractivity contribution in [1.29, 1.82) is 0 Å². The number of rotatable bonds is 5. The summed E-state index contributed by atoms with van der Waals surface area (Å²) < 4.78 is 13.7. The number of hydrogen-bond donors (Lipinski definition) is 1. The lowest BCUT2D eigenvalue weighted by Crippen LogP contribution is -2.32. The van der Waals surface area contributed by atoms with E-state index in [0.29, 0.717) is 22.9 Å². The Kier molecular flexibility index (Phi) is 5.45. The largest absolute Gasteiger partial charge is 0.466 e. The normalized spacial score (nSPS) is 11.9. The Hall–Kier alpha value is -3.55. The molecule has 0 bridgehead atoms. The lowest BCUT2D eigenvalue weighted by molar-refractivity contribution is -0.123. The van der Waals surface area contributed by atoms with Crippen LogP contribution in [0.4, 0.5) is 5.69 Å². The first-order valence-corrected chi connectivity index (χ1v) is 9.13. The average molecular weight is 397 g/mol. The van der Waals surface area contributed by atoms with Gasteiger partial charge in [0, 0.05) is 7.05 Å². The van der Waals surface area contributed by atoms with Gasteiger partial charge in [-0.3, -0.25) is 14.3 Å². The first-order valence-electron chi connectivity index (χ1n) is 9.13. The van der Waals surface area contributed by atoms with Crippen molar-refractivity contribution in [3.8, 4) is 5.69 Å². The van der Waals surface area contributed by atoms with E-state index in [2.05, 4.69) is 5.32 Å². The van der Waals surface area contributed by atoms with E-state index in [9.17, 15) is 14.4 Å². The van der Waals surface area contributed by atoms with Gasteiger partial charge in [0.05, 0.1) is 11.4 Å². The molecule has 1 atom stereocenters. The molecular weight excluding hydrogens is 374 g/mol. The molecular formula is C21H23N3O5. The van der Waals surface area contributed by atoms with Crippen LogP contribution in [-0.2, 0) is 16.6 Å². The standard InChI is InChI=1S/C21H23N3O5/c1-12-11-17(14(3)28-12)21(27)29-15(4)19(25)22-18-13(2)23(5)24(20(18)26)16-9-7-6-8-10-16/h6-11,15H,1-5H3,(H,22,25)/t15-/m1/s1. The fourth-order valence-corrected chi connectivity index (χ4v) is 3.05. The average Bonchev–Trinajstić information content (AvgIpc) is 3.13. The zero-order chi connectivity index (χ0) is 21.3. The van der Waals surface area contributed by atoms with Crippen molar-refractivity contribution in [1.82, 2.24) is 9.36 Å². The summed E-state index contributed by atoms with van der Waals surface area (Å²) in [6, 6.07) is 10.7. The summed E-state index contributed by atoms with van der Waals surface area (Å²) in [5, 5.41) is 2.59. The molecule has 0 radical (unpaired) electrons. The van der Waals surface area contributed by atoms with Crippen LogP contribution >= 0.6 is 0 Å². The minimum absolute atomic E-state index is 0.139. The molecule has 152 valence electrons. The third kappa shape index (κ3) is 3.87. The van der Waals surface area contributed by atoms with Gasteiger partial charge >= 0.3 is 5.97 Å². The van der Waals surface area contributed by atoms with Crippen molar-refractivity contribution in [3.63, 3.8) is 0 Å². The first kappa shape index (κ1) is 20.2. The highest BCUT2D eigenvalue weighted by Gasteiger charge is 2.25. The maximum Gasteiger partial charge on any atom is 0.342 e. The minimum Gasteiger partial charge on any atom is -0.466 e. The van der Waals surface area contributed by atoms with Crippen molar-refractivity contribution in [2.24, 2.45) is 7.05 Å². The second-order valence-corrected chi connectivity index (χ2v) is 6.80. The van der Waals surface area contributed by atoms with Gasteiger partial charge in [0.2, 0.25) is 0 Å².